The van der Waals surface area contributed by atoms with Gasteiger partial charge in [-0.15, -0.1) is 0 Å². The maximum atomic E-state index is 11.4. The Balaban J connectivity index is 2.25. The second-order valence-electron chi connectivity index (χ2n) is 5.57. The highest BCUT2D eigenvalue weighted by Gasteiger charge is 2.13. The highest BCUT2D eigenvalue weighted by Crippen LogP contribution is 2.25. The normalized spacial score (nSPS) is 13.4. The molecule has 0 spiro atoms. The zero-order valence-corrected chi connectivity index (χ0v) is 13.3. The van der Waals surface area contributed by atoms with Gasteiger partial charge in [0.25, 0.3) is 0 Å². The van der Waals surface area contributed by atoms with Gasteiger partial charge in [-0.25, -0.2) is 8.42 Å². The maximum absolute atomic E-state index is 11.4. The van der Waals surface area contributed by atoms with E-state index in [1.165, 1.54) is 24.0 Å². The van der Waals surface area contributed by atoms with Crippen LogP contribution in [0.25, 0.3) is 0 Å². The van der Waals surface area contributed by atoms with Crippen LogP contribution >= 0.6 is 0 Å². The first-order valence-electron chi connectivity index (χ1n) is 6.87. The van der Waals surface area contributed by atoms with Crippen LogP contribution in [0.3, 0.4) is 0 Å². The van der Waals surface area contributed by atoms with Crippen molar-refractivity contribution in [2.75, 3.05) is 6.26 Å². The van der Waals surface area contributed by atoms with Crippen LogP contribution < -0.4 is 0 Å². The third-order valence-electron chi connectivity index (χ3n) is 3.54. The molecule has 2 rings (SSSR count). The molecule has 0 saturated heterocycles. The van der Waals surface area contributed by atoms with Gasteiger partial charge >= 0.3 is 0 Å². The fourth-order valence-corrected chi connectivity index (χ4v) is 2.78. The van der Waals surface area contributed by atoms with Crippen molar-refractivity contribution >= 4 is 9.84 Å². The van der Waals surface area contributed by atoms with E-state index in [9.17, 15) is 13.5 Å². The largest absolute Gasteiger partial charge is 0.384 e. The summed E-state index contributed by atoms with van der Waals surface area (Å²) in [7, 11) is -3.21. The first-order chi connectivity index (χ1) is 9.79. The molecule has 0 fully saturated rings. The van der Waals surface area contributed by atoms with Crippen LogP contribution in [0.5, 0.6) is 0 Å². The molecule has 1 N–H and O–H groups in total. The molecule has 112 valence electrons. The predicted octanol–water partition coefficient (Wildman–Crippen LogP) is 3.30. The SMILES string of the molecule is CC(C)c1ccc(C(O)c2ccc(S(C)(=O)=O)cc2)cc1. The van der Waals surface area contributed by atoms with Gasteiger partial charge in [0.1, 0.15) is 6.10 Å². The lowest BCUT2D eigenvalue weighted by atomic mass is 9.97. The van der Waals surface area contributed by atoms with Crippen LogP contribution in [0.2, 0.25) is 0 Å². The lowest BCUT2D eigenvalue weighted by Crippen LogP contribution is -2.02. The smallest absolute Gasteiger partial charge is 0.175 e. The lowest BCUT2D eigenvalue weighted by molar-refractivity contribution is 0.220. The zero-order valence-electron chi connectivity index (χ0n) is 12.4. The third-order valence-corrected chi connectivity index (χ3v) is 4.67. The summed E-state index contributed by atoms with van der Waals surface area (Å²) in [6.07, 6.45) is 0.420. The van der Waals surface area contributed by atoms with Gasteiger partial charge in [-0.05, 0) is 34.7 Å². The molecule has 0 radical (unpaired) electrons. The third kappa shape index (κ3) is 3.71. The minimum absolute atomic E-state index is 0.258. The summed E-state index contributed by atoms with van der Waals surface area (Å²) in [6.45, 7) is 4.24. The number of hydrogen-bond acceptors (Lipinski definition) is 3. The van der Waals surface area contributed by atoms with Crippen molar-refractivity contribution in [2.24, 2.45) is 0 Å². The number of benzene rings is 2. The first kappa shape index (κ1) is 15.7. The average molecular weight is 304 g/mol. The van der Waals surface area contributed by atoms with Gasteiger partial charge in [-0.1, -0.05) is 50.2 Å². The van der Waals surface area contributed by atoms with Crippen molar-refractivity contribution in [3.8, 4) is 0 Å². The van der Waals surface area contributed by atoms with Gasteiger partial charge in [0.2, 0.25) is 0 Å². The fraction of sp³-hybridized carbons (Fsp3) is 0.294. The van der Waals surface area contributed by atoms with Crippen molar-refractivity contribution < 1.29 is 13.5 Å². The Kier molecular flexibility index (Phi) is 4.49. The molecule has 21 heavy (non-hydrogen) atoms. The van der Waals surface area contributed by atoms with Gasteiger partial charge in [-0.2, -0.15) is 0 Å². The molecule has 1 atom stereocenters. The van der Waals surface area contributed by atoms with E-state index in [-0.39, 0.29) is 4.90 Å². The maximum Gasteiger partial charge on any atom is 0.175 e. The van der Waals surface area contributed by atoms with Crippen LogP contribution in [0.4, 0.5) is 0 Å². The minimum Gasteiger partial charge on any atom is -0.384 e. The van der Waals surface area contributed by atoms with Crippen LogP contribution in [-0.4, -0.2) is 19.8 Å². The van der Waals surface area contributed by atoms with Crippen molar-refractivity contribution in [1.82, 2.24) is 0 Å². The second kappa shape index (κ2) is 6.00. The minimum atomic E-state index is -3.21. The molecule has 0 aliphatic carbocycles. The van der Waals surface area contributed by atoms with Crippen molar-refractivity contribution in [2.45, 2.75) is 30.8 Å². The molecule has 0 aliphatic heterocycles. The predicted molar refractivity (Wildman–Crippen MR) is 84.1 cm³/mol. The number of hydrogen-bond donors (Lipinski definition) is 1. The Bertz CT molecular complexity index is 699. The summed E-state index contributed by atoms with van der Waals surface area (Å²) in [6, 6.07) is 14.2. The van der Waals surface area contributed by atoms with Gasteiger partial charge in [0.15, 0.2) is 9.84 Å². The Morgan fingerprint density at radius 3 is 1.57 bits per heavy atom. The van der Waals surface area contributed by atoms with Gasteiger partial charge in [0.05, 0.1) is 4.90 Å². The topological polar surface area (TPSA) is 54.4 Å². The summed E-state index contributed by atoms with van der Waals surface area (Å²) in [5, 5.41) is 10.4. The molecule has 0 bridgehead atoms. The molecule has 2 aromatic rings. The monoisotopic (exact) mass is 304 g/mol. The highest BCUT2D eigenvalue weighted by molar-refractivity contribution is 7.90. The Morgan fingerprint density at radius 2 is 1.19 bits per heavy atom. The summed E-state index contributed by atoms with van der Waals surface area (Å²) in [5.41, 5.74) is 2.70. The summed E-state index contributed by atoms with van der Waals surface area (Å²) >= 11 is 0. The Morgan fingerprint density at radius 1 is 0.810 bits per heavy atom. The van der Waals surface area contributed by atoms with Gasteiger partial charge in [-0.3, -0.25) is 0 Å². The summed E-state index contributed by atoms with van der Waals surface area (Å²) < 4.78 is 22.8. The van der Waals surface area contributed by atoms with E-state index in [0.717, 1.165) is 5.56 Å². The fourth-order valence-electron chi connectivity index (χ4n) is 2.15. The van der Waals surface area contributed by atoms with Crippen LogP contribution in [0.1, 0.15) is 42.6 Å². The average Bonchev–Trinajstić information content (AvgIpc) is 2.46. The lowest BCUT2D eigenvalue weighted by Gasteiger charge is -2.13. The molecule has 4 heteroatoms. The molecule has 1 unspecified atom stereocenters. The number of rotatable bonds is 4. The van der Waals surface area contributed by atoms with E-state index in [1.54, 1.807) is 12.1 Å². The summed E-state index contributed by atoms with van der Waals surface area (Å²) in [5.74, 6) is 0.449. The van der Waals surface area contributed by atoms with Crippen LogP contribution in [0.15, 0.2) is 53.4 Å². The molecular formula is C17H20O3S. The number of aliphatic hydroxyl groups excluding tert-OH is 1. The molecular weight excluding hydrogens is 284 g/mol. The quantitative estimate of drug-likeness (QED) is 0.943. The van der Waals surface area contributed by atoms with Crippen molar-refractivity contribution in [3.63, 3.8) is 0 Å². The van der Waals surface area contributed by atoms with E-state index in [1.807, 2.05) is 24.3 Å². The standard InChI is InChI=1S/C17H20O3S/c1-12(2)13-4-6-14(7-5-13)17(18)15-8-10-16(11-9-15)21(3,19)20/h4-12,17-18H,1-3H3. The Labute approximate surface area is 126 Å². The van der Waals surface area contributed by atoms with Crippen LogP contribution in [-0.2, 0) is 9.84 Å². The highest BCUT2D eigenvalue weighted by atomic mass is 32.2. The van der Waals surface area contributed by atoms with E-state index in [0.29, 0.717) is 11.5 Å². The molecule has 0 saturated carbocycles. The molecule has 0 aliphatic rings. The molecule has 0 amide bonds. The van der Waals surface area contributed by atoms with Crippen molar-refractivity contribution in [3.05, 3.63) is 65.2 Å². The van der Waals surface area contributed by atoms with Crippen LogP contribution in [0, 0.1) is 0 Å². The second-order valence-corrected chi connectivity index (χ2v) is 7.58. The van der Waals surface area contributed by atoms with E-state index in [4.69, 9.17) is 0 Å². The van der Waals surface area contributed by atoms with Crippen molar-refractivity contribution in [1.29, 1.82) is 0 Å². The zero-order chi connectivity index (χ0) is 15.6. The molecule has 3 nitrogen and oxygen atoms in total. The van der Waals surface area contributed by atoms with Gasteiger partial charge < -0.3 is 5.11 Å². The number of aliphatic hydroxyl groups is 1. The van der Waals surface area contributed by atoms with E-state index >= 15 is 0 Å². The van der Waals surface area contributed by atoms with E-state index in [2.05, 4.69) is 13.8 Å². The van der Waals surface area contributed by atoms with Gasteiger partial charge in [0, 0.05) is 6.26 Å². The molecule has 0 heterocycles. The molecule has 2 aromatic carbocycles. The first-order valence-corrected chi connectivity index (χ1v) is 8.76. The van der Waals surface area contributed by atoms with E-state index < -0.39 is 15.9 Å². The summed E-state index contributed by atoms with van der Waals surface area (Å²) in [4.78, 5) is 0.258. The molecule has 0 aromatic heterocycles. The number of sulfone groups is 1. The Hall–Kier alpha value is -1.65.